The van der Waals surface area contributed by atoms with Crippen LogP contribution in [0.2, 0.25) is 10.0 Å². The van der Waals surface area contributed by atoms with Gasteiger partial charge in [0.1, 0.15) is 17.1 Å². The summed E-state index contributed by atoms with van der Waals surface area (Å²) in [5.74, 6) is 0.0495. The monoisotopic (exact) mass is 420 g/mol. The molecule has 0 saturated carbocycles. The summed E-state index contributed by atoms with van der Waals surface area (Å²) in [5.41, 5.74) is 0.301. The van der Waals surface area contributed by atoms with E-state index < -0.39 is 11.6 Å². The van der Waals surface area contributed by atoms with E-state index in [0.29, 0.717) is 32.7 Å². The van der Waals surface area contributed by atoms with Crippen molar-refractivity contribution in [2.24, 2.45) is 0 Å². The molecule has 0 aromatic heterocycles. The molecular formula is C21H18Cl2O5. The highest BCUT2D eigenvalue weighted by Crippen LogP contribution is 2.36. The highest BCUT2D eigenvalue weighted by Gasteiger charge is 2.28. The minimum absolute atomic E-state index is 0.106. The van der Waals surface area contributed by atoms with E-state index in [4.69, 9.17) is 37.4 Å². The molecule has 7 heteroatoms. The van der Waals surface area contributed by atoms with Crippen molar-refractivity contribution in [3.8, 4) is 11.5 Å². The first-order valence-electron chi connectivity index (χ1n) is 8.51. The van der Waals surface area contributed by atoms with Crippen LogP contribution in [-0.4, -0.2) is 24.0 Å². The van der Waals surface area contributed by atoms with Crippen LogP contribution < -0.4 is 9.47 Å². The number of ether oxygens (including phenoxy) is 3. The molecule has 2 aromatic rings. The summed E-state index contributed by atoms with van der Waals surface area (Å²) < 4.78 is 16.3. The van der Waals surface area contributed by atoms with Crippen LogP contribution in [0.1, 0.15) is 36.7 Å². The second kappa shape index (κ2) is 7.86. The minimum atomic E-state index is -0.590. The van der Waals surface area contributed by atoms with Crippen LogP contribution in [0.4, 0.5) is 0 Å². The molecule has 0 atom stereocenters. The van der Waals surface area contributed by atoms with Crippen molar-refractivity contribution in [1.82, 2.24) is 0 Å². The third kappa shape index (κ3) is 4.66. The first-order chi connectivity index (χ1) is 13.1. The van der Waals surface area contributed by atoms with Crippen LogP contribution in [0.5, 0.6) is 11.5 Å². The fourth-order valence-corrected chi connectivity index (χ4v) is 3.06. The average Bonchev–Trinajstić information content (AvgIpc) is 2.90. The summed E-state index contributed by atoms with van der Waals surface area (Å²) in [5, 5.41) is 0.822. The molecule has 5 nitrogen and oxygen atoms in total. The van der Waals surface area contributed by atoms with E-state index in [1.807, 2.05) is 0 Å². The Morgan fingerprint density at radius 2 is 1.82 bits per heavy atom. The highest BCUT2D eigenvalue weighted by atomic mass is 35.5. The van der Waals surface area contributed by atoms with Gasteiger partial charge >= 0.3 is 5.97 Å². The number of carbonyl (C=O) groups excluding carboxylic acids is 2. The van der Waals surface area contributed by atoms with Crippen molar-refractivity contribution in [3.63, 3.8) is 0 Å². The van der Waals surface area contributed by atoms with Gasteiger partial charge in [-0.25, -0.2) is 4.79 Å². The predicted octanol–water partition coefficient (Wildman–Crippen LogP) is 5.33. The van der Waals surface area contributed by atoms with Gasteiger partial charge in [-0.3, -0.25) is 4.79 Å². The van der Waals surface area contributed by atoms with E-state index in [0.717, 1.165) is 0 Å². The van der Waals surface area contributed by atoms with Crippen LogP contribution in [0, 0.1) is 0 Å². The van der Waals surface area contributed by atoms with Crippen molar-refractivity contribution in [2.75, 3.05) is 6.61 Å². The smallest absolute Gasteiger partial charge is 0.344 e. The molecule has 0 saturated heterocycles. The number of halogens is 2. The number of hydrogen-bond acceptors (Lipinski definition) is 5. The van der Waals surface area contributed by atoms with Gasteiger partial charge in [0.05, 0.1) is 5.56 Å². The number of fused-ring (bicyclic) bond motifs is 1. The van der Waals surface area contributed by atoms with E-state index in [9.17, 15) is 9.59 Å². The third-order valence-electron chi connectivity index (χ3n) is 3.69. The summed E-state index contributed by atoms with van der Waals surface area (Å²) in [7, 11) is 0. The van der Waals surface area contributed by atoms with Crippen molar-refractivity contribution >= 4 is 41.0 Å². The highest BCUT2D eigenvalue weighted by molar-refractivity contribution is 6.37. The van der Waals surface area contributed by atoms with Crippen LogP contribution in [-0.2, 0) is 9.53 Å². The topological polar surface area (TPSA) is 61.8 Å². The molecule has 0 fully saturated rings. The van der Waals surface area contributed by atoms with Crippen LogP contribution in [0.15, 0.2) is 42.2 Å². The lowest BCUT2D eigenvalue weighted by molar-refractivity contribution is -0.157. The summed E-state index contributed by atoms with van der Waals surface area (Å²) in [6, 6.07) is 9.79. The van der Waals surface area contributed by atoms with Gasteiger partial charge in [-0.2, -0.15) is 0 Å². The molecule has 0 amide bonds. The fourth-order valence-electron chi connectivity index (χ4n) is 2.55. The minimum Gasteiger partial charge on any atom is -0.482 e. The van der Waals surface area contributed by atoms with Gasteiger partial charge in [-0.1, -0.05) is 29.3 Å². The maximum atomic E-state index is 12.6. The van der Waals surface area contributed by atoms with Crippen molar-refractivity contribution < 1.29 is 23.8 Å². The van der Waals surface area contributed by atoms with Crippen LogP contribution in [0.3, 0.4) is 0 Å². The first-order valence-corrected chi connectivity index (χ1v) is 9.26. The maximum Gasteiger partial charge on any atom is 0.344 e. The van der Waals surface area contributed by atoms with E-state index >= 15 is 0 Å². The molecule has 1 aliphatic heterocycles. The standard InChI is InChI=1S/C21H18Cl2O5/c1-21(2,3)28-19(24)11-26-12-7-8-13-17(9-12)27-18(20(13)25)10-14-15(22)5-4-6-16(14)23/h4-10H,11H2,1-3H3/b18-10-. The second-order valence-electron chi connectivity index (χ2n) is 7.11. The maximum absolute atomic E-state index is 12.6. The van der Waals surface area contributed by atoms with E-state index in [1.165, 1.54) is 6.08 Å². The summed E-state index contributed by atoms with van der Waals surface area (Å²) in [6.45, 7) is 5.08. The number of benzene rings is 2. The van der Waals surface area contributed by atoms with Crippen LogP contribution >= 0.6 is 23.2 Å². The molecule has 146 valence electrons. The van der Waals surface area contributed by atoms with Gasteiger partial charge in [-0.05, 0) is 51.1 Å². The lowest BCUT2D eigenvalue weighted by atomic mass is 10.1. The Balaban J connectivity index is 1.76. The fraction of sp³-hybridized carbons (Fsp3) is 0.238. The predicted molar refractivity (Wildman–Crippen MR) is 107 cm³/mol. The Hall–Kier alpha value is -2.50. The molecule has 0 bridgehead atoms. The second-order valence-corrected chi connectivity index (χ2v) is 7.92. The Morgan fingerprint density at radius 3 is 2.46 bits per heavy atom. The molecule has 2 aromatic carbocycles. The molecular weight excluding hydrogens is 403 g/mol. The largest absolute Gasteiger partial charge is 0.482 e. The zero-order chi connectivity index (χ0) is 20.5. The molecule has 1 heterocycles. The summed E-state index contributed by atoms with van der Waals surface area (Å²) in [6.07, 6.45) is 1.51. The molecule has 3 rings (SSSR count). The van der Waals surface area contributed by atoms with Crippen molar-refractivity contribution in [3.05, 3.63) is 63.3 Å². The van der Waals surface area contributed by atoms with Crippen molar-refractivity contribution in [2.45, 2.75) is 26.4 Å². The van der Waals surface area contributed by atoms with Gasteiger partial charge in [0, 0.05) is 21.7 Å². The van der Waals surface area contributed by atoms with Crippen molar-refractivity contribution in [1.29, 1.82) is 0 Å². The third-order valence-corrected chi connectivity index (χ3v) is 4.35. The van der Waals surface area contributed by atoms with E-state index in [2.05, 4.69) is 0 Å². The van der Waals surface area contributed by atoms with E-state index in [1.54, 1.807) is 57.2 Å². The number of rotatable bonds is 4. The number of allylic oxidation sites excluding steroid dienone is 1. The zero-order valence-corrected chi connectivity index (χ0v) is 17.1. The average molecular weight is 421 g/mol. The van der Waals surface area contributed by atoms with Gasteiger partial charge in [-0.15, -0.1) is 0 Å². The number of carbonyl (C=O) groups is 2. The van der Waals surface area contributed by atoms with Gasteiger partial charge < -0.3 is 14.2 Å². The molecule has 0 aliphatic carbocycles. The number of esters is 1. The molecule has 0 spiro atoms. The first kappa shape index (κ1) is 20.2. The Kier molecular flexibility index (Phi) is 5.68. The normalized spacial score (nSPS) is 14.6. The molecule has 0 unspecified atom stereocenters. The van der Waals surface area contributed by atoms with Gasteiger partial charge in [0.15, 0.2) is 12.4 Å². The Bertz CT molecular complexity index is 953. The molecule has 0 N–H and O–H groups in total. The lowest BCUT2D eigenvalue weighted by Gasteiger charge is -2.19. The Morgan fingerprint density at radius 1 is 1.14 bits per heavy atom. The SMILES string of the molecule is CC(C)(C)OC(=O)COc1ccc2c(c1)O/C(=C\c1c(Cl)cccc1Cl)C2=O. The quantitative estimate of drug-likeness (QED) is 0.493. The number of Topliss-reactive ketones (excluding diaryl/α,β-unsaturated/α-hetero) is 1. The number of ketones is 1. The molecule has 1 aliphatic rings. The lowest BCUT2D eigenvalue weighted by Crippen LogP contribution is -2.27. The van der Waals surface area contributed by atoms with Gasteiger partial charge in [0.25, 0.3) is 0 Å². The molecule has 0 radical (unpaired) electrons. The molecule has 28 heavy (non-hydrogen) atoms. The van der Waals surface area contributed by atoms with Gasteiger partial charge in [0.2, 0.25) is 5.78 Å². The van der Waals surface area contributed by atoms with E-state index in [-0.39, 0.29) is 18.1 Å². The number of hydrogen-bond donors (Lipinski definition) is 0. The summed E-state index contributed by atoms with van der Waals surface area (Å²) >= 11 is 12.3. The summed E-state index contributed by atoms with van der Waals surface area (Å²) in [4.78, 5) is 24.3. The zero-order valence-electron chi connectivity index (χ0n) is 15.5. The Labute approximate surface area is 172 Å². The van der Waals surface area contributed by atoms with Crippen LogP contribution in [0.25, 0.3) is 6.08 Å².